The molecule has 0 aliphatic heterocycles. The summed E-state index contributed by atoms with van der Waals surface area (Å²) < 4.78 is 18.4. The van der Waals surface area contributed by atoms with Crippen molar-refractivity contribution >= 4 is 0 Å². The summed E-state index contributed by atoms with van der Waals surface area (Å²) in [5.74, 6) is 0. The average molecular weight is 159 g/mol. The monoisotopic (exact) mass is 159 g/mol. The number of alkyl halides is 1. The highest BCUT2D eigenvalue weighted by Crippen LogP contribution is 1.98. The standard InChI is InChI=1S/C7H10FNO2/c1-2-6(8)5-9-7(10)3-4-11-9/h3-4,6H,2,5H2,1H3. The van der Waals surface area contributed by atoms with Crippen molar-refractivity contribution in [2.24, 2.45) is 0 Å². The van der Waals surface area contributed by atoms with Crippen molar-refractivity contribution in [1.29, 1.82) is 0 Å². The lowest BCUT2D eigenvalue weighted by molar-refractivity contribution is 0.184. The summed E-state index contributed by atoms with van der Waals surface area (Å²) in [6, 6.07) is 1.27. The van der Waals surface area contributed by atoms with Crippen LogP contribution in [0.3, 0.4) is 0 Å². The van der Waals surface area contributed by atoms with Crippen molar-refractivity contribution in [1.82, 2.24) is 4.74 Å². The number of halogens is 1. The van der Waals surface area contributed by atoms with Gasteiger partial charge in [0.2, 0.25) is 0 Å². The van der Waals surface area contributed by atoms with E-state index in [1.807, 2.05) is 0 Å². The predicted octanol–water partition coefficient (Wildman–Crippen LogP) is 1.19. The van der Waals surface area contributed by atoms with E-state index in [0.29, 0.717) is 6.42 Å². The van der Waals surface area contributed by atoms with Crippen LogP contribution in [0.25, 0.3) is 0 Å². The molecule has 4 heteroatoms. The second-order valence-electron chi connectivity index (χ2n) is 2.31. The van der Waals surface area contributed by atoms with Gasteiger partial charge in [-0.3, -0.25) is 4.79 Å². The molecule has 0 radical (unpaired) electrons. The summed E-state index contributed by atoms with van der Waals surface area (Å²) in [6.45, 7) is 1.74. The van der Waals surface area contributed by atoms with Gasteiger partial charge in [-0.05, 0) is 6.42 Å². The molecule has 11 heavy (non-hydrogen) atoms. The maximum atomic E-state index is 12.7. The molecule has 0 aliphatic carbocycles. The molecule has 1 heterocycles. The molecule has 0 spiro atoms. The van der Waals surface area contributed by atoms with Gasteiger partial charge < -0.3 is 4.52 Å². The molecular formula is C7H10FNO2. The fraction of sp³-hybridized carbons (Fsp3) is 0.571. The highest BCUT2D eigenvalue weighted by Gasteiger charge is 2.06. The van der Waals surface area contributed by atoms with E-state index in [9.17, 15) is 9.18 Å². The van der Waals surface area contributed by atoms with Gasteiger partial charge in [-0.2, -0.15) is 4.74 Å². The number of hydrogen-bond acceptors (Lipinski definition) is 2. The minimum atomic E-state index is -1.00. The first-order chi connectivity index (χ1) is 5.24. The Morgan fingerprint density at radius 1 is 1.82 bits per heavy atom. The molecule has 1 aromatic rings. The van der Waals surface area contributed by atoms with Gasteiger partial charge in [-0.1, -0.05) is 6.92 Å². The van der Waals surface area contributed by atoms with Crippen molar-refractivity contribution in [3.05, 3.63) is 22.7 Å². The van der Waals surface area contributed by atoms with E-state index in [0.717, 1.165) is 4.74 Å². The Morgan fingerprint density at radius 3 is 3.00 bits per heavy atom. The molecule has 0 bridgehead atoms. The second kappa shape index (κ2) is 3.37. The summed E-state index contributed by atoms with van der Waals surface area (Å²) in [4.78, 5) is 10.8. The topological polar surface area (TPSA) is 35.1 Å². The Balaban J connectivity index is 2.64. The molecule has 3 nitrogen and oxygen atoms in total. The van der Waals surface area contributed by atoms with Crippen LogP contribution in [-0.4, -0.2) is 10.9 Å². The molecule has 1 atom stereocenters. The van der Waals surface area contributed by atoms with Crippen molar-refractivity contribution in [2.75, 3.05) is 0 Å². The van der Waals surface area contributed by atoms with Crippen molar-refractivity contribution < 1.29 is 8.91 Å². The lowest BCUT2D eigenvalue weighted by Gasteiger charge is -2.02. The summed E-state index contributed by atoms with van der Waals surface area (Å²) >= 11 is 0. The first-order valence-electron chi connectivity index (χ1n) is 3.53. The normalized spacial score (nSPS) is 13.3. The number of rotatable bonds is 3. The molecule has 0 saturated heterocycles. The second-order valence-corrected chi connectivity index (χ2v) is 2.31. The molecule has 1 unspecified atom stereocenters. The molecule has 1 rings (SSSR count). The first kappa shape index (κ1) is 8.04. The fourth-order valence-electron chi connectivity index (χ4n) is 0.739. The largest absolute Gasteiger partial charge is 0.384 e. The van der Waals surface area contributed by atoms with E-state index in [-0.39, 0.29) is 12.1 Å². The molecule has 1 aromatic heterocycles. The third-order valence-corrected chi connectivity index (χ3v) is 1.45. The van der Waals surface area contributed by atoms with Crippen LogP contribution in [0.2, 0.25) is 0 Å². The van der Waals surface area contributed by atoms with Gasteiger partial charge in [-0.25, -0.2) is 4.39 Å². The third-order valence-electron chi connectivity index (χ3n) is 1.45. The third kappa shape index (κ3) is 1.93. The van der Waals surface area contributed by atoms with Crippen LogP contribution >= 0.6 is 0 Å². The van der Waals surface area contributed by atoms with Crippen LogP contribution in [0.1, 0.15) is 13.3 Å². The lowest BCUT2D eigenvalue weighted by Crippen LogP contribution is -2.19. The summed E-state index contributed by atoms with van der Waals surface area (Å²) in [6.07, 6.45) is 0.650. The number of aromatic nitrogens is 1. The maximum absolute atomic E-state index is 12.7. The van der Waals surface area contributed by atoms with Crippen LogP contribution in [-0.2, 0) is 6.54 Å². The summed E-state index contributed by atoms with van der Waals surface area (Å²) in [5.41, 5.74) is -0.291. The number of nitrogens with zero attached hydrogens (tertiary/aromatic N) is 1. The Labute approximate surface area is 63.4 Å². The Hall–Kier alpha value is -1.06. The van der Waals surface area contributed by atoms with Gasteiger partial charge >= 0.3 is 0 Å². The quantitative estimate of drug-likeness (QED) is 0.664. The molecule has 0 N–H and O–H groups in total. The molecule has 0 saturated carbocycles. The van der Waals surface area contributed by atoms with Crippen LogP contribution in [0.15, 0.2) is 21.6 Å². The minimum Gasteiger partial charge on any atom is -0.384 e. The van der Waals surface area contributed by atoms with Gasteiger partial charge in [-0.15, -0.1) is 0 Å². The van der Waals surface area contributed by atoms with E-state index >= 15 is 0 Å². The first-order valence-corrected chi connectivity index (χ1v) is 3.53. The Morgan fingerprint density at radius 2 is 2.55 bits per heavy atom. The average Bonchev–Trinajstić information content (AvgIpc) is 2.37. The van der Waals surface area contributed by atoms with Gasteiger partial charge in [0, 0.05) is 6.07 Å². The zero-order valence-electron chi connectivity index (χ0n) is 6.29. The molecule has 62 valence electrons. The van der Waals surface area contributed by atoms with E-state index in [4.69, 9.17) is 4.52 Å². The smallest absolute Gasteiger partial charge is 0.282 e. The van der Waals surface area contributed by atoms with E-state index in [1.54, 1.807) is 6.92 Å². The minimum absolute atomic E-state index is 0.0162. The van der Waals surface area contributed by atoms with Crippen molar-refractivity contribution in [3.8, 4) is 0 Å². The predicted molar refractivity (Wildman–Crippen MR) is 38.2 cm³/mol. The SMILES string of the molecule is CCC(F)Cn1occc1=O. The maximum Gasteiger partial charge on any atom is 0.282 e. The van der Waals surface area contributed by atoms with Crippen LogP contribution in [0, 0.1) is 0 Å². The molecule has 0 amide bonds. The lowest BCUT2D eigenvalue weighted by atomic mass is 10.3. The van der Waals surface area contributed by atoms with Crippen LogP contribution in [0.4, 0.5) is 4.39 Å². The van der Waals surface area contributed by atoms with Crippen LogP contribution < -0.4 is 5.56 Å². The highest BCUT2D eigenvalue weighted by atomic mass is 19.1. The molecule has 0 aromatic carbocycles. The van der Waals surface area contributed by atoms with Crippen molar-refractivity contribution in [2.45, 2.75) is 26.1 Å². The van der Waals surface area contributed by atoms with Gasteiger partial charge in [0.15, 0.2) is 0 Å². The fourth-order valence-corrected chi connectivity index (χ4v) is 0.739. The summed E-state index contributed by atoms with van der Waals surface area (Å²) in [5, 5.41) is 0. The van der Waals surface area contributed by atoms with Crippen molar-refractivity contribution in [3.63, 3.8) is 0 Å². The molecule has 0 aliphatic rings. The zero-order chi connectivity index (χ0) is 8.27. The highest BCUT2D eigenvalue weighted by molar-refractivity contribution is 4.76. The van der Waals surface area contributed by atoms with E-state index in [1.165, 1.54) is 12.3 Å². The zero-order valence-corrected chi connectivity index (χ0v) is 6.29. The Kier molecular flexibility index (Phi) is 2.46. The van der Waals surface area contributed by atoms with Gasteiger partial charge in [0.1, 0.15) is 12.4 Å². The summed E-state index contributed by atoms with van der Waals surface area (Å²) in [7, 11) is 0. The van der Waals surface area contributed by atoms with E-state index < -0.39 is 6.17 Å². The van der Waals surface area contributed by atoms with Crippen LogP contribution in [0.5, 0.6) is 0 Å². The van der Waals surface area contributed by atoms with Gasteiger partial charge in [0.05, 0.1) is 6.54 Å². The number of hydrogen-bond donors (Lipinski definition) is 0. The molecular weight excluding hydrogens is 149 g/mol. The molecule has 0 fully saturated rings. The Bertz CT molecular complexity index is 265. The van der Waals surface area contributed by atoms with E-state index in [2.05, 4.69) is 0 Å². The van der Waals surface area contributed by atoms with Gasteiger partial charge in [0.25, 0.3) is 5.56 Å².